The first-order chi connectivity index (χ1) is 14.0. The number of nitrogens with one attached hydrogen (secondary N) is 1. The van der Waals surface area contributed by atoms with Crippen LogP contribution in [0.2, 0.25) is 0 Å². The average Bonchev–Trinajstić information content (AvgIpc) is 3.23. The maximum absolute atomic E-state index is 13.2. The number of benzene rings is 2. The molecule has 2 aromatic carbocycles. The summed E-state index contributed by atoms with van der Waals surface area (Å²) in [5.74, 6) is 0.0663. The first-order valence-electron chi connectivity index (χ1n) is 9.12. The average molecular weight is 389 g/mol. The molecule has 0 saturated carbocycles. The number of rotatable bonds is 5. The number of carbonyl (C=O) groups excluding carboxylic acids is 1. The van der Waals surface area contributed by atoms with Crippen LogP contribution < -0.4 is 15.5 Å². The number of para-hydroxylation sites is 1. The highest BCUT2D eigenvalue weighted by Crippen LogP contribution is 2.32. The summed E-state index contributed by atoms with van der Waals surface area (Å²) >= 11 is 0. The molecule has 0 aliphatic rings. The van der Waals surface area contributed by atoms with Crippen LogP contribution in [-0.2, 0) is 4.79 Å². The molecule has 1 amide bonds. The van der Waals surface area contributed by atoms with E-state index in [-0.39, 0.29) is 29.5 Å². The lowest BCUT2D eigenvalue weighted by Gasteiger charge is -2.12. The number of hydrogen-bond acceptors (Lipinski definition) is 5. The molecule has 4 aromatic rings. The van der Waals surface area contributed by atoms with Gasteiger partial charge in [-0.2, -0.15) is 0 Å². The van der Waals surface area contributed by atoms with E-state index in [0.29, 0.717) is 22.4 Å². The molecule has 1 N–H and O–H groups in total. The summed E-state index contributed by atoms with van der Waals surface area (Å²) in [6, 6.07) is 16.1. The lowest BCUT2D eigenvalue weighted by atomic mass is 10.1. The SMILES string of the molecule is Cc1cc(C)c2oc(-c3ccco3)c(OCC(=O)Nc3ccccc3)c(=O)c2c1. The molecule has 0 atom stereocenters. The van der Waals surface area contributed by atoms with Gasteiger partial charge in [-0.05, 0) is 55.3 Å². The molecule has 4 rings (SSSR count). The highest BCUT2D eigenvalue weighted by molar-refractivity contribution is 5.92. The summed E-state index contributed by atoms with van der Waals surface area (Å²) < 4.78 is 17.1. The van der Waals surface area contributed by atoms with E-state index in [1.165, 1.54) is 6.26 Å². The van der Waals surface area contributed by atoms with E-state index < -0.39 is 0 Å². The van der Waals surface area contributed by atoms with E-state index >= 15 is 0 Å². The number of hydrogen-bond donors (Lipinski definition) is 1. The fourth-order valence-electron chi connectivity index (χ4n) is 3.19. The zero-order valence-electron chi connectivity index (χ0n) is 16.0. The largest absolute Gasteiger partial charge is 0.476 e. The lowest BCUT2D eigenvalue weighted by Crippen LogP contribution is -2.22. The molecule has 0 spiro atoms. The van der Waals surface area contributed by atoms with Crippen molar-refractivity contribution in [2.24, 2.45) is 0 Å². The van der Waals surface area contributed by atoms with Crippen molar-refractivity contribution < 1.29 is 18.4 Å². The van der Waals surface area contributed by atoms with Gasteiger partial charge in [0.05, 0.1) is 11.6 Å². The minimum atomic E-state index is -0.387. The Bertz CT molecular complexity index is 1220. The third-order valence-corrected chi connectivity index (χ3v) is 4.43. The van der Waals surface area contributed by atoms with Gasteiger partial charge in [0, 0.05) is 5.69 Å². The van der Waals surface area contributed by atoms with Gasteiger partial charge in [-0.25, -0.2) is 0 Å². The molecule has 0 aliphatic heterocycles. The molecule has 0 bridgehead atoms. The predicted molar refractivity (Wildman–Crippen MR) is 110 cm³/mol. The van der Waals surface area contributed by atoms with Gasteiger partial charge in [-0.1, -0.05) is 24.3 Å². The Morgan fingerprint density at radius 2 is 1.86 bits per heavy atom. The molecule has 146 valence electrons. The van der Waals surface area contributed by atoms with E-state index in [9.17, 15) is 9.59 Å². The Balaban J connectivity index is 1.72. The van der Waals surface area contributed by atoms with Crippen molar-refractivity contribution in [2.45, 2.75) is 13.8 Å². The van der Waals surface area contributed by atoms with Crippen molar-refractivity contribution in [3.05, 3.63) is 82.2 Å². The Morgan fingerprint density at radius 1 is 1.07 bits per heavy atom. The first-order valence-corrected chi connectivity index (χ1v) is 9.12. The van der Waals surface area contributed by atoms with Crippen LogP contribution in [0.3, 0.4) is 0 Å². The Labute approximate surface area is 166 Å². The molecular formula is C23H19NO5. The molecule has 0 unspecified atom stereocenters. The smallest absolute Gasteiger partial charge is 0.262 e. The molecule has 29 heavy (non-hydrogen) atoms. The topological polar surface area (TPSA) is 81.7 Å². The van der Waals surface area contributed by atoms with E-state index in [1.807, 2.05) is 38.1 Å². The van der Waals surface area contributed by atoms with Crippen LogP contribution in [0.25, 0.3) is 22.5 Å². The Hall–Kier alpha value is -3.80. The number of furan rings is 1. The van der Waals surface area contributed by atoms with Crippen LogP contribution in [-0.4, -0.2) is 12.5 Å². The molecule has 0 radical (unpaired) electrons. The predicted octanol–water partition coefficient (Wildman–Crippen LogP) is 4.69. The normalized spacial score (nSPS) is 10.8. The maximum atomic E-state index is 13.2. The van der Waals surface area contributed by atoms with Gasteiger partial charge in [0.2, 0.25) is 16.9 Å². The first kappa shape index (κ1) is 18.6. The molecule has 0 fully saturated rings. The van der Waals surface area contributed by atoms with E-state index in [4.69, 9.17) is 13.6 Å². The maximum Gasteiger partial charge on any atom is 0.262 e. The summed E-state index contributed by atoms with van der Waals surface area (Å²) in [6.45, 7) is 3.43. The van der Waals surface area contributed by atoms with Crippen molar-refractivity contribution in [3.63, 3.8) is 0 Å². The minimum absolute atomic E-state index is 0.0549. The number of fused-ring (bicyclic) bond motifs is 1. The van der Waals surface area contributed by atoms with Crippen LogP contribution in [0, 0.1) is 13.8 Å². The molecule has 0 aliphatic carbocycles. The van der Waals surface area contributed by atoms with Crippen molar-refractivity contribution in [1.82, 2.24) is 0 Å². The van der Waals surface area contributed by atoms with Gasteiger partial charge >= 0.3 is 0 Å². The number of anilines is 1. The van der Waals surface area contributed by atoms with Crippen LogP contribution in [0.15, 0.2) is 74.5 Å². The molecule has 6 nitrogen and oxygen atoms in total. The van der Waals surface area contributed by atoms with E-state index in [0.717, 1.165) is 11.1 Å². The zero-order chi connectivity index (χ0) is 20.4. The quantitative estimate of drug-likeness (QED) is 0.536. The lowest BCUT2D eigenvalue weighted by molar-refractivity contribution is -0.118. The fourth-order valence-corrected chi connectivity index (χ4v) is 3.19. The summed E-state index contributed by atoms with van der Waals surface area (Å²) in [5, 5.41) is 3.12. The van der Waals surface area contributed by atoms with Crippen LogP contribution >= 0.6 is 0 Å². The van der Waals surface area contributed by atoms with Crippen molar-refractivity contribution >= 4 is 22.6 Å². The van der Waals surface area contributed by atoms with Crippen molar-refractivity contribution in [3.8, 4) is 17.3 Å². The second-order valence-corrected chi connectivity index (χ2v) is 6.73. The highest BCUT2D eigenvalue weighted by atomic mass is 16.5. The van der Waals surface area contributed by atoms with Gasteiger partial charge in [0.1, 0.15) is 5.58 Å². The minimum Gasteiger partial charge on any atom is -0.476 e. The second-order valence-electron chi connectivity index (χ2n) is 6.73. The summed E-state index contributed by atoms with van der Waals surface area (Å²) in [6.07, 6.45) is 1.48. The molecule has 6 heteroatoms. The molecular weight excluding hydrogens is 370 g/mol. The number of carbonyl (C=O) groups is 1. The third kappa shape index (κ3) is 3.78. The van der Waals surface area contributed by atoms with E-state index in [2.05, 4.69) is 5.32 Å². The van der Waals surface area contributed by atoms with Gasteiger partial charge in [-0.15, -0.1) is 0 Å². The second kappa shape index (κ2) is 7.67. The van der Waals surface area contributed by atoms with Crippen molar-refractivity contribution in [1.29, 1.82) is 0 Å². The number of ether oxygens (including phenoxy) is 1. The molecule has 2 aromatic heterocycles. The zero-order valence-corrected chi connectivity index (χ0v) is 16.0. The van der Waals surface area contributed by atoms with Crippen LogP contribution in [0.1, 0.15) is 11.1 Å². The van der Waals surface area contributed by atoms with Gasteiger partial charge in [0.25, 0.3) is 5.91 Å². The summed E-state index contributed by atoms with van der Waals surface area (Å²) in [5.41, 5.74) is 2.52. The third-order valence-electron chi connectivity index (χ3n) is 4.43. The monoisotopic (exact) mass is 389 g/mol. The van der Waals surface area contributed by atoms with E-state index in [1.54, 1.807) is 30.3 Å². The molecule has 0 saturated heterocycles. The van der Waals surface area contributed by atoms with Gasteiger partial charge < -0.3 is 18.9 Å². The Kier molecular flexibility index (Phi) is 4.91. The fraction of sp³-hybridized carbons (Fsp3) is 0.130. The highest BCUT2D eigenvalue weighted by Gasteiger charge is 2.21. The van der Waals surface area contributed by atoms with Crippen LogP contribution in [0.5, 0.6) is 5.75 Å². The van der Waals surface area contributed by atoms with Crippen molar-refractivity contribution in [2.75, 3.05) is 11.9 Å². The van der Waals surface area contributed by atoms with Crippen LogP contribution in [0.4, 0.5) is 5.69 Å². The number of aryl methyl sites for hydroxylation is 2. The van der Waals surface area contributed by atoms with Gasteiger partial charge in [0.15, 0.2) is 12.4 Å². The standard InChI is InChI=1S/C23H19NO5/c1-14-11-15(2)21-17(12-14)20(26)23(22(29-21)18-9-6-10-27-18)28-13-19(25)24-16-7-4-3-5-8-16/h3-12H,13H2,1-2H3,(H,24,25). The summed E-state index contributed by atoms with van der Waals surface area (Å²) in [4.78, 5) is 25.4. The summed E-state index contributed by atoms with van der Waals surface area (Å²) in [7, 11) is 0. The van der Waals surface area contributed by atoms with Gasteiger partial charge in [-0.3, -0.25) is 9.59 Å². The molecule has 2 heterocycles. The number of amides is 1. The Morgan fingerprint density at radius 3 is 2.59 bits per heavy atom.